The molecule has 4 heteroatoms. The predicted molar refractivity (Wildman–Crippen MR) is 67.0 cm³/mol. The van der Waals surface area contributed by atoms with Crippen LogP contribution in [0.25, 0.3) is 0 Å². The molecule has 1 aliphatic rings. The molecule has 3 nitrogen and oxygen atoms in total. The summed E-state index contributed by atoms with van der Waals surface area (Å²) in [6.07, 6.45) is 6.97. The van der Waals surface area contributed by atoms with Crippen molar-refractivity contribution in [1.82, 2.24) is 4.98 Å². The normalized spacial score (nSPS) is 18.7. The average Bonchev–Trinajstić information content (AvgIpc) is 2.70. The molecule has 0 aromatic carbocycles. The third-order valence-electron chi connectivity index (χ3n) is 2.54. The van der Waals surface area contributed by atoms with Gasteiger partial charge >= 0.3 is 0 Å². The molecular weight excluding hydrogens is 268 g/mol. The summed E-state index contributed by atoms with van der Waals surface area (Å²) >= 11 is 3.27. The Morgan fingerprint density at radius 2 is 2.44 bits per heavy atom. The molecule has 0 saturated heterocycles. The summed E-state index contributed by atoms with van der Waals surface area (Å²) in [5, 5.41) is 2.80. The van der Waals surface area contributed by atoms with Crippen molar-refractivity contribution in [2.45, 2.75) is 19.3 Å². The Balaban J connectivity index is 1.89. The Bertz CT molecular complexity index is 417. The molecule has 1 N–H and O–H groups in total. The first-order valence-corrected chi connectivity index (χ1v) is 6.12. The Morgan fingerprint density at radius 1 is 1.56 bits per heavy atom. The van der Waals surface area contributed by atoms with Crippen LogP contribution in [0.1, 0.15) is 19.3 Å². The lowest BCUT2D eigenvalue weighted by atomic mass is 10.1. The molecule has 0 saturated carbocycles. The first-order chi connectivity index (χ1) is 7.74. The Labute approximate surface area is 103 Å². The molecule has 16 heavy (non-hydrogen) atoms. The van der Waals surface area contributed by atoms with Crippen LogP contribution in [0.3, 0.4) is 0 Å². The Hall–Kier alpha value is -1.16. The minimum Gasteiger partial charge on any atom is -0.311 e. The molecule has 1 amide bonds. The minimum atomic E-state index is 0.0298. The van der Waals surface area contributed by atoms with E-state index in [-0.39, 0.29) is 5.91 Å². The first-order valence-electron chi connectivity index (χ1n) is 5.33. The van der Waals surface area contributed by atoms with Crippen molar-refractivity contribution in [2.75, 3.05) is 5.32 Å². The van der Waals surface area contributed by atoms with Gasteiger partial charge in [0.15, 0.2) is 0 Å². The number of carbonyl (C=O) groups excluding carboxylic acids is 1. The summed E-state index contributed by atoms with van der Waals surface area (Å²) in [6.45, 7) is 0. The van der Waals surface area contributed by atoms with E-state index in [0.29, 0.717) is 18.2 Å². The second kappa shape index (κ2) is 5.25. The molecule has 1 aromatic rings. The summed E-state index contributed by atoms with van der Waals surface area (Å²) in [6, 6.07) is 5.46. The largest absolute Gasteiger partial charge is 0.311 e. The first kappa shape index (κ1) is 11.3. The summed E-state index contributed by atoms with van der Waals surface area (Å²) in [5.74, 6) is 1.02. The van der Waals surface area contributed by atoms with Gasteiger partial charge in [0.25, 0.3) is 0 Å². The van der Waals surface area contributed by atoms with Gasteiger partial charge in [-0.2, -0.15) is 0 Å². The smallest absolute Gasteiger partial charge is 0.226 e. The topological polar surface area (TPSA) is 42.0 Å². The van der Waals surface area contributed by atoms with Crippen LogP contribution in [0, 0.1) is 5.92 Å². The molecule has 0 aliphatic heterocycles. The third kappa shape index (κ3) is 3.17. The van der Waals surface area contributed by atoms with Crippen molar-refractivity contribution in [3.8, 4) is 0 Å². The predicted octanol–water partition coefficient (Wildman–Crippen LogP) is 3.14. The van der Waals surface area contributed by atoms with E-state index in [1.807, 2.05) is 12.1 Å². The summed E-state index contributed by atoms with van der Waals surface area (Å²) < 4.78 is 0.728. The lowest BCUT2D eigenvalue weighted by Gasteiger charge is -2.08. The van der Waals surface area contributed by atoms with E-state index < -0.39 is 0 Å². The van der Waals surface area contributed by atoms with E-state index in [0.717, 1.165) is 17.4 Å². The highest BCUT2D eigenvalue weighted by Gasteiger charge is 2.14. The lowest BCUT2D eigenvalue weighted by Crippen LogP contribution is -2.15. The average molecular weight is 281 g/mol. The molecule has 1 unspecified atom stereocenters. The summed E-state index contributed by atoms with van der Waals surface area (Å²) in [4.78, 5) is 15.8. The maximum atomic E-state index is 11.7. The maximum Gasteiger partial charge on any atom is 0.226 e. The van der Waals surface area contributed by atoms with Gasteiger partial charge in [-0.3, -0.25) is 4.79 Å². The fraction of sp³-hybridized carbons (Fsp3) is 0.333. The van der Waals surface area contributed by atoms with E-state index in [1.54, 1.807) is 6.07 Å². The molecular formula is C12H13BrN2O. The number of aromatic nitrogens is 1. The molecule has 0 radical (unpaired) electrons. The van der Waals surface area contributed by atoms with Gasteiger partial charge in [-0.25, -0.2) is 4.98 Å². The molecule has 2 rings (SSSR count). The van der Waals surface area contributed by atoms with Crippen LogP contribution in [0.4, 0.5) is 5.82 Å². The number of allylic oxidation sites excluding steroid dienone is 2. The van der Waals surface area contributed by atoms with Crippen molar-refractivity contribution < 1.29 is 4.79 Å². The van der Waals surface area contributed by atoms with Crippen molar-refractivity contribution in [3.05, 3.63) is 35.0 Å². The van der Waals surface area contributed by atoms with E-state index in [9.17, 15) is 4.79 Å². The van der Waals surface area contributed by atoms with E-state index in [2.05, 4.69) is 38.4 Å². The van der Waals surface area contributed by atoms with Crippen LogP contribution in [0.15, 0.2) is 35.0 Å². The number of nitrogens with one attached hydrogen (secondary N) is 1. The quantitative estimate of drug-likeness (QED) is 0.683. The van der Waals surface area contributed by atoms with Crippen LogP contribution < -0.4 is 5.32 Å². The SMILES string of the molecule is O=C(CC1C=CCC1)Nc1cccc(Br)n1. The monoisotopic (exact) mass is 280 g/mol. The number of halogens is 1. The van der Waals surface area contributed by atoms with Crippen LogP contribution in [-0.2, 0) is 4.79 Å². The van der Waals surface area contributed by atoms with E-state index in [1.165, 1.54) is 0 Å². The molecule has 1 heterocycles. The summed E-state index contributed by atoms with van der Waals surface area (Å²) in [5.41, 5.74) is 0. The number of hydrogen-bond donors (Lipinski definition) is 1. The van der Waals surface area contributed by atoms with Gasteiger partial charge in [-0.1, -0.05) is 18.2 Å². The number of amides is 1. The van der Waals surface area contributed by atoms with Crippen LogP contribution in [-0.4, -0.2) is 10.9 Å². The molecule has 0 spiro atoms. The number of anilines is 1. The highest BCUT2D eigenvalue weighted by atomic mass is 79.9. The fourth-order valence-corrected chi connectivity index (χ4v) is 2.12. The zero-order valence-electron chi connectivity index (χ0n) is 8.82. The van der Waals surface area contributed by atoms with Gasteiger partial charge in [0.1, 0.15) is 10.4 Å². The fourth-order valence-electron chi connectivity index (χ4n) is 1.78. The number of pyridine rings is 1. The third-order valence-corrected chi connectivity index (χ3v) is 2.98. The molecule has 84 valence electrons. The van der Waals surface area contributed by atoms with Gasteiger partial charge in [0.05, 0.1) is 0 Å². The van der Waals surface area contributed by atoms with Crippen molar-refractivity contribution in [2.24, 2.45) is 5.92 Å². The number of rotatable bonds is 3. The second-order valence-corrected chi connectivity index (χ2v) is 4.68. The van der Waals surface area contributed by atoms with Gasteiger partial charge in [-0.05, 0) is 46.8 Å². The molecule has 1 aromatic heterocycles. The molecule has 1 atom stereocenters. The van der Waals surface area contributed by atoms with Crippen molar-refractivity contribution in [1.29, 1.82) is 0 Å². The number of carbonyl (C=O) groups is 1. The van der Waals surface area contributed by atoms with E-state index in [4.69, 9.17) is 0 Å². The Kier molecular flexibility index (Phi) is 3.72. The van der Waals surface area contributed by atoms with Crippen LogP contribution in [0.2, 0.25) is 0 Å². The van der Waals surface area contributed by atoms with E-state index >= 15 is 0 Å². The zero-order chi connectivity index (χ0) is 11.4. The van der Waals surface area contributed by atoms with Crippen molar-refractivity contribution >= 4 is 27.7 Å². The second-order valence-electron chi connectivity index (χ2n) is 3.86. The maximum absolute atomic E-state index is 11.7. The number of hydrogen-bond acceptors (Lipinski definition) is 2. The van der Waals surface area contributed by atoms with Gasteiger partial charge < -0.3 is 5.32 Å². The molecule has 0 bridgehead atoms. The van der Waals surface area contributed by atoms with Gasteiger partial charge in [-0.15, -0.1) is 0 Å². The molecule has 1 aliphatic carbocycles. The Morgan fingerprint density at radius 3 is 3.12 bits per heavy atom. The van der Waals surface area contributed by atoms with Crippen molar-refractivity contribution in [3.63, 3.8) is 0 Å². The highest BCUT2D eigenvalue weighted by Crippen LogP contribution is 2.20. The number of nitrogens with zero attached hydrogens (tertiary/aromatic N) is 1. The van der Waals surface area contributed by atoms with Crippen LogP contribution in [0.5, 0.6) is 0 Å². The molecule has 0 fully saturated rings. The van der Waals surface area contributed by atoms with Gasteiger partial charge in [0, 0.05) is 6.42 Å². The highest BCUT2D eigenvalue weighted by molar-refractivity contribution is 9.10. The van der Waals surface area contributed by atoms with Gasteiger partial charge in [0.2, 0.25) is 5.91 Å². The van der Waals surface area contributed by atoms with Crippen LogP contribution >= 0.6 is 15.9 Å². The minimum absolute atomic E-state index is 0.0298. The summed E-state index contributed by atoms with van der Waals surface area (Å²) in [7, 11) is 0. The standard InChI is InChI=1S/C12H13BrN2O/c13-10-6-3-7-11(14-10)15-12(16)8-9-4-1-2-5-9/h1,3-4,6-7,9H,2,5,8H2,(H,14,15,16). The zero-order valence-corrected chi connectivity index (χ0v) is 10.4. The lowest BCUT2D eigenvalue weighted by molar-refractivity contribution is -0.116.